The predicted molar refractivity (Wildman–Crippen MR) is 59.9 cm³/mol. The maximum atomic E-state index is 11.7. The molecule has 1 aliphatic rings. The van der Waals surface area contributed by atoms with Crippen LogP contribution in [0, 0.1) is 0 Å². The van der Waals surface area contributed by atoms with Gasteiger partial charge in [0.1, 0.15) is 11.6 Å². The highest BCUT2D eigenvalue weighted by Gasteiger charge is 2.32. The molecule has 0 N–H and O–H groups in total. The Labute approximate surface area is 94.3 Å². The van der Waals surface area contributed by atoms with Crippen LogP contribution in [0.3, 0.4) is 0 Å². The summed E-state index contributed by atoms with van der Waals surface area (Å²) in [6.07, 6.45) is 0. The zero-order chi connectivity index (χ0) is 11.6. The molecule has 0 aromatic carbocycles. The highest BCUT2D eigenvalue weighted by atomic mass is 32.2. The number of rotatable bonds is 2. The van der Waals surface area contributed by atoms with E-state index in [-0.39, 0.29) is 11.2 Å². The van der Waals surface area contributed by atoms with Gasteiger partial charge in [0, 0.05) is 12.3 Å². The Morgan fingerprint density at radius 2 is 2.13 bits per heavy atom. The molecule has 0 radical (unpaired) electrons. The lowest BCUT2D eigenvalue weighted by Gasteiger charge is -2.26. The van der Waals surface area contributed by atoms with E-state index >= 15 is 0 Å². The van der Waals surface area contributed by atoms with Gasteiger partial charge in [-0.2, -0.15) is 0 Å². The van der Waals surface area contributed by atoms with Gasteiger partial charge in [0.05, 0.1) is 0 Å². The number of nitrogens with zero attached hydrogens (tertiary/aromatic N) is 1. The highest BCUT2D eigenvalue weighted by molar-refractivity contribution is 8.13. The van der Waals surface area contributed by atoms with Gasteiger partial charge < -0.3 is 9.64 Å². The lowest BCUT2D eigenvalue weighted by molar-refractivity contribution is -0.159. The molecule has 1 atom stereocenters. The number of thioether (sulfide) groups is 1. The first-order valence-electron chi connectivity index (χ1n) is 4.97. The lowest BCUT2D eigenvalue weighted by Crippen LogP contribution is -2.42. The van der Waals surface area contributed by atoms with Crippen LogP contribution in [0.5, 0.6) is 0 Å². The van der Waals surface area contributed by atoms with Crippen molar-refractivity contribution in [2.45, 2.75) is 39.3 Å². The van der Waals surface area contributed by atoms with Crippen LogP contribution in [0.1, 0.15) is 27.7 Å². The van der Waals surface area contributed by atoms with Crippen LogP contribution >= 0.6 is 11.8 Å². The van der Waals surface area contributed by atoms with Gasteiger partial charge in [-0.1, -0.05) is 11.8 Å². The van der Waals surface area contributed by atoms with Gasteiger partial charge in [-0.05, 0) is 27.7 Å². The van der Waals surface area contributed by atoms with Crippen LogP contribution < -0.4 is 0 Å². The van der Waals surface area contributed by atoms with E-state index in [0.29, 0.717) is 6.54 Å². The molecular weight excluding hydrogens is 214 g/mol. The summed E-state index contributed by atoms with van der Waals surface area (Å²) in [5.41, 5.74) is -0.499. The first-order chi connectivity index (χ1) is 6.81. The summed E-state index contributed by atoms with van der Waals surface area (Å²) in [6.45, 7) is 7.79. The maximum Gasteiger partial charge on any atom is 0.329 e. The van der Waals surface area contributed by atoms with Gasteiger partial charge in [-0.25, -0.2) is 4.79 Å². The van der Waals surface area contributed by atoms with Crippen LogP contribution in [0.15, 0.2) is 0 Å². The molecule has 0 aromatic heterocycles. The Morgan fingerprint density at radius 1 is 1.53 bits per heavy atom. The molecule has 0 aliphatic carbocycles. The van der Waals surface area contributed by atoms with E-state index in [1.165, 1.54) is 11.8 Å². The smallest absolute Gasteiger partial charge is 0.329 e. The second-order valence-electron chi connectivity index (χ2n) is 4.52. The van der Waals surface area contributed by atoms with Crippen LogP contribution in [-0.2, 0) is 9.53 Å². The second-order valence-corrected chi connectivity index (χ2v) is 5.56. The van der Waals surface area contributed by atoms with Crippen molar-refractivity contribution < 1.29 is 14.3 Å². The third-order valence-electron chi connectivity index (χ3n) is 2.01. The number of esters is 1. The van der Waals surface area contributed by atoms with Crippen molar-refractivity contribution in [1.29, 1.82) is 0 Å². The Bertz CT molecular complexity index is 272. The van der Waals surface area contributed by atoms with Crippen molar-refractivity contribution in [2.24, 2.45) is 0 Å². The summed E-state index contributed by atoms with van der Waals surface area (Å²) in [5, 5.41) is -0.0339. The molecular formula is C10H17NO3S. The van der Waals surface area contributed by atoms with Gasteiger partial charge in [0.15, 0.2) is 0 Å². The van der Waals surface area contributed by atoms with Gasteiger partial charge >= 0.3 is 5.97 Å². The second kappa shape index (κ2) is 4.43. The molecule has 5 heteroatoms. The Hall–Kier alpha value is -0.710. The fourth-order valence-corrected chi connectivity index (χ4v) is 2.15. The molecule has 1 saturated heterocycles. The van der Waals surface area contributed by atoms with E-state index in [1.54, 1.807) is 11.8 Å². The normalized spacial score (nSPS) is 19.2. The molecule has 0 bridgehead atoms. The molecule has 0 saturated carbocycles. The Morgan fingerprint density at radius 3 is 2.53 bits per heavy atom. The summed E-state index contributed by atoms with van der Waals surface area (Å²) in [6, 6.07) is -0.480. The quantitative estimate of drug-likeness (QED) is 0.681. The zero-order valence-electron chi connectivity index (χ0n) is 9.57. The summed E-state index contributed by atoms with van der Waals surface area (Å²) in [4.78, 5) is 24.6. The van der Waals surface area contributed by atoms with Gasteiger partial charge in [-0.3, -0.25) is 4.79 Å². The number of hydrogen-bond acceptors (Lipinski definition) is 4. The van der Waals surface area contributed by atoms with Crippen LogP contribution in [-0.4, -0.2) is 40.0 Å². The fourth-order valence-electron chi connectivity index (χ4n) is 1.27. The minimum Gasteiger partial charge on any atom is -0.458 e. The molecule has 0 aromatic rings. The largest absolute Gasteiger partial charge is 0.458 e. The number of hydrogen-bond donors (Lipinski definition) is 0. The lowest BCUT2D eigenvalue weighted by atomic mass is 10.2. The highest BCUT2D eigenvalue weighted by Crippen LogP contribution is 2.21. The van der Waals surface area contributed by atoms with Gasteiger partial charge in [-0.15, -0.1) is 0 Å². The van der Waals surface area contributed by atoms with Gasteiger partial charge in [0.25, 0.3) is 5.24 Å². The van der Waals surface area contributed by atoms with E-state index in [4.69, 9.17) is 4.74 Å². The summed E-state index contributed by atoms with van der Waals surface area (Å²) in [5.74, 6) is 0.421. The van der Waals surface area contributed by atoms with E-state index in [1.807, 2.05) is 20.8 Å². The van der Waals surface area contributed by atoms with Crippen molar-refractivity contribution >= 4 is 23.0 Å². The van der Waals surface area contributed by atoms with Crippen LogP contribution in [0.2, 0.25) is 0 Å². The van der Waals surface area contributed by atoms with E-state index in [0.717, 1.165) is 5.75 Å². The number of carbonyl (C=O) groups is 2. The molecule has 4 nitrogen and oxygen atoms in total. The summed E-state index contributed by atoms with van der Waals surface area (Å²) < 4.78 is 5.22. The zero-order valence-corrected chi connectivity index (χ0v) is 10.4. The standard InChI is InChI=1S/C10H17NO3S/c1-7(8(12)14-10(2,3)4)11-5-6-15-9(11)13/h7H,5-6H2,1-4H3. The van der Waals surface area contributed by atoms with Crippen molar-refractivity contribution in [3.63, 3.8) is 0 Å². The molecule has 1 fully saturated rings. The number of carbonyl (C=O) groups excluding carboxylic acids is 2. The average Bonchev–Trinajstić information content (AvgIpc) is 2.47. The molecule has 0 spiro atoms. The van der Waals surface area contributed by atoms with Crippen molar-refractivity contribution in [3.8, 4) is 0 Å². The minimum absolute atomic E-state index is 0.0339. The van der Waals surface area contributed by atoms with E-state index < -0.39 is 11.6 Å². The first kappa shape index (κ1) is 12.4. The Balaban J connectivity index is 2.56. The van der Waals surface area contributed by atoms with Crippen LogP contribution in [0.4, 0.5) is 4.79 Å². The summed E-state index contributed by atoms with van der Waals surface area (Å²) in [7, 11) is 0. The SMILES string of the molecule is CC(C(=O)OC(C)(C)C)N1CCSC1=O. The van der Waals surface area contributed by atoms with Crippen molar-refractivity contribution in [2.75, 3.05) is 12.3 Å². The third-order valence-corrected chi connectivity index (χ3v) is 2.88. The molecule has 15 heavy (non-hydrogen) atoms. The monoisotopic (exact) mass is 231 g/mol. The maximum absolute atomic E-state index is 11.7. The van der Waals surface area contributed by atoms with Gasteiger partial charge in [0.2, 0.25) is 0 Å². The van der Waals surface area contributed by atoms with E-state index in [9.17, 15) is 9.59 Å². The Kier molecular flexibility index (Phi) is 3.65. The molecule has 1 aliphatic heterocycles. The van der Waals surface area contributed by atoms with Crippen molar-refractivity contribution in [1.82, 2.24) is 4.90 Å². The average molecular weight is 231 g/mol. The van der Waals surface area contributed by atoms with Crippen molar-refractivity contribution in [3.05, 3.63) is 0 Å². The van der Waals surface area contributed by atoms with E-state index in [2.05, 4.69) is 0 Å². The first-order valence-corrected chi connectivity index (χ1v) is 5.96. The minimum atomic E-state index is -0.499. The third kappa shape index (κ3) is 3.41. The molecule has 1 rings (SSSR count). The number of amides is 1. The molecule has 1 amide bonds. The fraction of sp³-hybridized carbons (Fsp3) is 0.800. The molecule has 1 heterocycles. The topological polar surface area (TPSA) is 46.6 Å². The molecule has 1 unspecified atom stereocenters. The molecule has 86 valence electrons. The summed E-state index contributed by atoms with van der Waals surface area (Å²) >= 11 is 1.25. The number of ether oxygens (including phenoxy) is 1. The van der Waals surface area contributed by atoms with Crippen LogP contribution in [0.25, 0.3) is 0 Å². The predicted octanol–water partition coefficient (Wildman–Crippen LogP) is 1.89.